The summed E-state index contributed by atoms with van der Waals surface area (Å²) in [6.45, 7) is 0.331. The number of hydrogen-bond acceptors (Lipinski definition) is 3. The maximum absolute atomic E-state index is 14.5. The minimum absolute atomic E-state index is 0.331. The van der Waals surface area contributed by atoms with Gasteiger partial charge in [0.05, 0.1) is 0 Å². The summed E-state index contributed by atoms with van der Waals surface area (Å²) < 4.78 is 16.1. The van der Waals surface area contributed by atoms with E-state index in [0.717, 1.165) is 27.7 Å². The third-order valence-corrected chi connectivity index (χ3v) is 4.97. The summed E-state index contributed by atoms with van der Waals surface area (Å²) in [6.07, 6.45) is 4.15. The van der Waals surface area contributed by atoms with Crippen LogP contribution in [0, 0.1) is 5.82 Å². The smallest absolute Gasteiger partial charge is 0.137 e. The third kappa shape index (κ3) is 2.77. The molecule has 26 heavy (non-hydrogen) atoms. The quantitative estimate of drug-likeness (QED) is 0.574. The number of pyridine rings is 1. The van der Waals surface area contributed by atoms with Crippen molar-refractivity contribution in [2.75, 3.05) is 0 Å². The van der Waals surface area contributed by atoms with E-state index in [1.54, 1.807) is 30.1 Å². The van der Waals surface area contributed by atoms with E-state index in [0.29, 0.717) is 29.4 Å². The summed E-state index contributed by atoms with van der Waals surface area (Å²) >= 11 is 6.49. The lowest BCUT2D eigenvalue weighted by atomic mass is 10.00. The number of fused-ring (bicyclic) bond motifs is 1. The Morgan fingerprint density at radius 3 is 2.96 bits per heavy atom. The van der Waals surface area contributed by atoms with Gasteiger partial charge in [-0.15, -0.1) is 0 Å². The van der Waals surface area contributed by atoms with Crippen molar-refractivity contribution in [2.24, 2.45) is 12.8 Å². The molecule has 0 bridgehead atoms. The van der Waals surface area contributed by atoms with E-state index in [4.69, 9.17) is 17.3 Å². The molecule has 0 saturated carbocycles. The summed E-state index contributed by atoms with van der Waals surface area (Å²) in [6, 6.07) is 8.70. The molecule has 7 heteroatoms. The number of nitrogens with two attached hydrogens (primary N) is 1. The van der Waals surface area contributed by atoms with E-state index in [9.17, 15) is 4.39 Å². The van der Waals surface area contributed by atoms with Gasteiger partial charge in [-0.1, -0.05) is 17.7 Å². The number of nitrogens with zero attached hydrogens (tertiary/aromatic N) is 3. The lowest BCUT2D eigenvalue weighted by Gasteiger charge is -2.06. The molecular formula is C19H17ClFN5. The van der Waals surface area contributed by atoms with Crippen molar-refractivity contribution < 1.29 is 4.39 Å². The standard InChI is InChI=1S/C19H17ClFN5/c1-26-18(20)15(8-12-10-24-19-13(12)3-2-6-23-19)17(25-26)14-7-11(9-22)4-5-16(14)21/h2-7,10H,8-9,22H2,1H3,(H,23,24). The Morgan fingerprint density at radius 1 is 1.31 bits per heavy atom. The van der Waals surface area contributed by atoms with Crippen LogP contribution < -0.4 is 5.73 Å². The van der Waals surface area contributed by atoms with E-state index in [2.05, 4.69) is 15.1 Å². The minimum atomic E-state index is -0.348. The van der Waals surface area contributed by atoms with E-state index >= 15 is 0 Å². The van der Waals surface area contributed by atoms with Crippen molar-refractivity contribution in [3.05, 3.63) is 70.4 Å². The first-order valence-corrected chi connectivity index (χ1v) is 8.57. The molecule has 3 heterocycles. The van der Waals surface area contributed by atoms with E-state index in [1.165, 1.54) is 6.07 Å². The van der Waals surface area contributed by atoms with E-state index < -0.39 is 0 Å². The van der Waals surface area contributed by atoms with Crippen molar-refractivity contribution in [3.8, 4) is 11.3 Å². The number of benzene rings is 1. The summed E-state index contributed by atoms with van der Waals surface area (Å²) in [5.74, 6) is -0.348. The van der Waals surface area contributed by atoms with Gasteiger partial charge in [0.15, 0.2) is 0 Å². The summed E-state index contributed by atoms with van der Waals surface area (Å²) in [5, 5.41) is 5.95. The van der Waals surface area contributed by atoms with Crippen LogP contribution in [0.4, 0.5) is 4.39 Å². The Balaban J connectivity index is 1.85. The number of aromatic nitrogens is 4. The number of hydrogen-bond donors (Lipinski definition) is 2. The lowest BCUT2D eigenvalue weighted by molar-refractivity contribution is 0.629. The topological polar surface area (TPSA) is 72.5 Å². The van der Waals surface area contributed by atoms with Crippen LogP contribution in [-0.4, -0.2) is 19.7 Å². The first-order valence-electron chi connectivity index (χ1n) is 8.19. The zero-order valence-corrected chi connectivity index (χ0v) is 14.9. The van der Waals surface area contributed by atoms with Gasteiger partial charge in [0, 0.05) is 48.9 Å². The van der Waals surface area contributed by atoms with Gasteiger partial charge in [-0.25, -0.2) is 9.37 Å². The van der Waals surface area contributed by atoms with Gasteiger partial charge in [0.2, 0.25) is 0 Å². The van der Waals surface area contributed by atoms with Crippen LogP contribution in [0.5, 0.6) is 0 Å². The monoisotopic (exact) mass is 369 g/mol. The second-order valence-electron chi connectivity index (χ2n) is 6.15. The van der Waals surface area contributed by atoms with Crippen molar-refractivity contribution >= 4 is 22.6 Å². The minimum Gasteiger partial charge on any atom is -0.346 e. The molecule has 0 aliphatic heterocycles. The number of aryl methyl sites for hydroxylation is 1. The Morgan fingerprint density at radius 2 is 2.15 bits per heavy atom. The Labute approximate surface area is 154 Å². The van der Waals surface area contributed by atoms with Crippen LogP contribution in [0.3, 0.4) is 0 Å². The van der Waals surface area contributed by atoms with Crippen molar-refractivity contribution in [1.82, 2.24) is 19.7 Å². The van der Waals surface area contributed by atoms with Crippen molar-refractivity contribution in [3.63, 3.8) is 0 Å². The largest absolute Gasteiger partial charge is 0.346 e. The highest BCUT2D eigenvalue weighted by Gasteiger charge is 2.20. The fraction of sp³-hybridized carbons (Fsp3) is 0.158. The molecule has 0 unspecified atom stereocenters. The first kappa shape index (κ1) is 16.8. The molecule has 0 spiro atoms. The normalized spacial score (nSPS) is 11.4. The molecule has 4 aromatic rings. The average Bonchev–Trinajstić information content (AvgIpc) is 3.19. The second kappa shape index (κ2) is 6.55. The fourth-order valence-corrected chi connectivity index (χ4v) is 3.34. The van der Waals surface area contributed by atoms with E-state index in [1.807, 2.05) is 18.3 Å². The number of H-pyrrole nitrogens is 1. The molecule has 0 aliphatic rings. The fourth-order valence-electron chi connectivity index (χ4n) is 3.15. The third-order valence-electron chi connectivity index (χ3n) is 4.49. The number of halogens is 2. The van der Waals surface area contributed by atoms with Gasteiger partial charge in [0.25, 0.3) is 0 Å². The van der Waals surface area contributed by atoms with Crippen LogP contribution in [0.25, 0.3) is 22.3 Å². The van der Waals surface area contributed by atoms with Crippen LogP contribution in [0.2, 0.25) is 5.15 Å². The Hall–Kier alpha value is -2.70. The molecule has 0 fully saturated rings. The Bertz CT molecular complexity index is 1100. The van der Waals surface area contributed by atoms with Gasteiger partial charge >= 0.3 is 0 Å². The maximum atomic E-state index is 14.5. The van der Waals surface area contributed by atoms with Gasteiger partial charge in [-0.3, -0.25) is 4.68 Å². The highest BCUT2D eigenvalue weighted by atomic mass is 35.5. The van der Waals surface area contributed by atoms with Gasteiger partial charge < -0.3 is 10.7 Å². The van der Waals surface area contributed by atoms with Crippen LogP contribution in [0.15, 0.2) is 42.7 Å². The highest BCUT2D eigenvalue weighted by molar-refractivity contribution is 6.30. The molecule has 132 valence electrons. The van der Waals surface area contributed by atoms with Crippen molar-refractivity contribution in [1.29, 1.82) is 0 Å². The average molecular weight is 370 g/mol. The molecule has 0 aliphatic carbocycles. The predicted octanol–water partition coefficient (Wildman–Crippen LogP) is 3.81. The number of rotatable bonds is 4. The molecule has 4 rings (SSSR count). The first-order chi connectivity index (χ1) is 12.6. The molecule has 0 saturated heterocycles. The lowest BCUT2D eigenvalue weighted by Crippen LogP contribution is -1.99. The molecular weight excluding hydrogens is 353 g/mol. The van der Waals surface area contributed by atoms with Crippen LogP contribution >= 0.6 is 11.6 Å². The molecule has 0 amide bonds. The summed E-state index contributed by atoms with van der Waals surface area (Å²) in [4.78, 5) is 7.46. The van der Waals surface area contributed by atoms with E-state index in [-0.39, 0.29) is 5.82 Å². The number of aromatic amines is 1. The van der Waals surface area contributed by atoms with Crippen LogP contribution in [0.1, 0.15) is 16.7 Å². The number of nitrogens with one attached hydrogen (secondary N) is 1. The SMILES string of the molecule is Cn1nc(-c2cc(CN)ccc2F)c(Cc2c[nH]c3ncccc23)c1Cl. The predicted molar refractivity (Wildman–Crippen MR) is 100 cm³/mol. The van der Waals surface area contributed by atoms with Crippen molar-refractivity contribution in [2.45, 2.75) is 13.0 Å². The van der Waals surface area contributed by atoms with Gasteiger partial charge in [-0.2, -0.15) is 5.10 Å². The molecule has 3 N–H and O–H groups in total. The summed E-state index contributed by atoms with van der Waals surface area (Å²) in [5.41, 5.74) is 10.1. The molecule has 3 aromatic heterocycles. The Kier molecular flexibility index (Phi) is 4.22. The van der Waals surface area contributed by atoms with Gasteiger partial charge in [0.1, 0.15) is 22.3 Å². The summed E-state index contributed by atoms with van der Waals surface area (Å²) in [7, 11) is 1.75. The molecule has 1 aromatic carbocycles. The zero-order valence-electron chi connectivity index (χ0n) is 14.1. The zero-order chi connectivity index (χ0) is 18.3. The molecule has 0 radical (unpaired) electrons. The van der Waals surface area contributed by atoms with Gasteiger partial charge in [-0.05, 0) is 35.4 Å². The second-order valence-corrected chi connectivity index (χ2v) is 6.51. The van der Waals surface area contributed by atoms with Crippen LogP contribution in [-0.2, 0) is 20.0 Å². The maximum Gasteiger partial charge on any atom is 0.137 e. The molecule has 0 atom stereocenters. The highest BCUT2D eigenvalue weighted by Crippen LogP contribution is 2.33. The molecule has 5 nitrogen and oxygen atoms in total.